The summed E-state index contributed by atoms with van der Waals surface area (Å²) in [5, 5.41) is 10.5. The highest BCUT2D eigenvalue weighted by atomic mass is 16.3. The maximum absolute atomic E-state index is 6.64. The quantitative estimate of drug-likeness (QED) is 0.180. The monoisotopic (exact) mass is 750 g/mol. The van der Waals surface area contributed by atoms with Crippen molar-refractivity contribution in [3.8, 4) is 39.5 Å². The Morgan fingerprint density at radius 3 is 1.95 bits per heavy atom. The van der Waals surface area contributed by atoms with Gasteiger partial charge < -0.3 is 8.82 Å². The van der Waals surface area contributed by atoms with E-state index in [0.29, 0.717) is 5.95 Å². The van der Waals surface area contributed by atoms with Crippen molar-refractivity contribution in [3.05, 3.63) is 182 Å². The Morgan fingerprint density at radius 2 is 1.05 bits per heavy atom. The van der Waals surface area contributed by atoms with Gasteiger partial charge >= 0.3 is 0 Å². The van der Waals surface area contributed by atoms with Crippen molar-refractivity contribution in [1.29, 1.82) is 0 Å². The molecule has 0 aliphatic heterocycles. The molecule has 0 bridgehead atoms. The molecule has 0 atom stereocenters. The Balaban J connectivity index is 1.06. The van der Waals surface area contributed by atoms with Gasteiger partial charge in [0.15, 0.2) is 0 Å². The van der Waals surface area contributed by atoms with Crippen LogP contribution in [-0.2, 0) is 0 Å². The zero-order valence-corrected chi connectivity index (χ0v) is 31.5. The highest BCUT2D eigenvalue weighted by molar-refractivity contribution is 6.37. The van der Waals surface area contributed by atoms with Crippen LogP contribution in [0, 0.1) is 0 Å². The fourth-order valence-electron chi connectivity index (χ4n) is 10.2. The average molecular weight is 751 g/mol. The number of para-hydroxylation sites is 2. The van der Waals surface area contributed by atoms with E-state index in [1.807, 2.05) is 0 Å². The number of fused-ring (bicyclic) bond motifs is 6. The van der Waals surface area contributed by atoms with Gasteiger partial charge in [-0.3, -0.25) is 4.57 Å². The molecule has 0 aliphatic carbocycles. The average Bonchev–Trinajstić information content (AvgIpc) is 3.93. The molecule has 5 aromatic heterocycles. The van der Waals surface area contributed by atoms with Crippen LogP contribution in [0.2, 0.25) is 0 Å². The lowest BCUT2D eigenvalue weighted by Gasteiger charge is -2.15. The minimum absolute atomic E-state index is 0.633. The first-order valence-corrected chi connectivity index (χ1v) is 20.1. The molecule has 0 radical (unpaired) electrons. The fraction of sp³-hybridized carbons (Fsp3) is 0. The fourth-order valence-corrected chi connectivity index (χ4v) is 10.2. The van der Waals surface area contributed by atoms with Crippen molar-refractivity contribution in [2.45, 2.75) is 0 Å². The summed E-state index contributed by atoms with van der Waals surface area (Å²) in [6, 6.07) is 65.1. The van der Waals surface area contributed by atoms with Crippen LogP contribution in [0.25, 0.3) is 132 Å². The van der Waals surface area contributed by atoms with Gasteiger partial charge in [0.25, 0.3) is 0 Å². The smallest absolute Gasteiger partial charge is 0.235 e. The van der Waals surface area contributed by atoms with Gasteiger partial charge in [0.05, 0.1) is 44.2 Å². The van der Waals surface area contributed by atoms with E-state index in [4.69, 9.17) is 14.4 Å². The summed E-state index contributed by atoms with van der Waals surface area (Å²) in [7, 11) is 0. The summed E-state index contributed by atoms with van der Waals surface area (Å²) in [6.07, 6.45) is 0. The lowest BCUT2D eigenvalue weighted by molar-refractivity contribution is 0.669. The van der Waals surface area contributed by atoms with Gasteiger partial charge in [0.2, 0.25) is 5.95 Å². The lowest BCUT2D eigenvalue weighted by Crippen LogP contribution is -2.03. The van der Waals surface area contributed by atoms with Crippen LogP contribution in [0.5, 0.6) is 0 Å². The molecule has 0 saturated carbocycles. The van der Waals surface area contributed by atoms with E-state index < -0.39 is 0 Å². The van der Waals surface area contributed by atoms with Crippen LogP contribution >= 0.6 is 0 Å². The van der Waals surface area contributed by atoms with Crippen molar-refractivity contribution in [2.75, 3.05) is 0 Å². The molecular formula is C54H30N4O. The third-order valence-corrected chi connectivity index (χ3v) is 12.6. The molecule has 0 N–H and O–H groups in total. The van der Waals surface area contributed by atoms with Gasteiger partial charge in [-0.1, -0.05) is 127 Å². The number of hydrogen-bond donors (Lipinski definition) is 0. The maximum Gasteiger partial charge on any atom is 0.235 e. The molecular weight excluding hydrogens is 721 g/mol. The molecule has 0 saturated heterocycles. The predicted octanol–water partition coefficient (Wildman–Crippen LogP) is 14.2. The van der Waals surface area contributed by atoms with Crippen molar-refractivity contribution in [1.82, 2.24) is 18.9 Å². The second-order valence-corrected chi connectivity index (χ2v) is 15.7. The Hall–Kier alpha value is -8.02. The Kier molecular flexibility index (Phi) is 5.96. The third kappa shape index (κ3) is 4.08. The van der Waals surface area contributed by atoms with Crippen molar-refractivity contribution >= 4 is 92.7 Å². The van der Waals surface area contributed by atoms with Gasteiger partial charge in [-0.2, -0.15) is 0 Å². The Bertz CT molecular complexity index is 4010. The van der Waals surface area contributed by atoms with Crippen LogP contribution in [0.1, 0.15) is 0 Å². The molecule has 14 rings (SSSR count). The van der Waals surface area contributed by atoms with Crippen LogP contribution in [0.3, 0.4) is 0 Å². The molecule has 0 fully saturated rings. The summed E-state index contributed by atoms with van der Waals surface area (Å²) in [5.74, 6) is 0.633. The number of rotatable bonds is 4. The van der Waals surface area contributed by atoms with Crippen molar-refractivity contribution < 1.29 is 4.42 Å². The first kappa shape index (κ1) is 31.1. The zero-order chi connectivity index (χ0) is 38.3. The number of aromatic nitrogens is 4. The summed E-state index contributed by atoms with van der Waals surface area (Å²) < 4.78 is 11.3. The molecule has 5 heteroatoms. The Labute approximate surface area is 336 Å². The molecule has 5 nitrogen and oxygen atoms in total. The SMILES string of the molecule is c1ccc(-c2cccc3cccc(-c4cccc(-c5nc(-n6c7ccc8oc9ccc%10c%11ccccc%11n%11c%12cccc6c%12c7c8c9c%10%11)nc6ccccc56)c4)c23)cc1. The molecule has 14 aromatic rings. The highest BCUT2D eigenvalue weighted by Gasteiger charge is 2.27. The van der Waals surface area contributed by atoms with E-state index in [9.17, 15) is 0 Å². The highest BCUT2D eigenvalue weighted by Crippen LogP contribution is 2.48. The number of furan rings is 1. The van der Waals surface area contributed by atoms with Gasteiger partial charge in [-0.05, 0) is 87.6 Å². The number of nitrogens with zero attached hydrogens (tertiary/aromatic N) is 4. The molecule has 0 spiro atoms. The normalized spacial score (nSPS) is 12.4. The van der Waals surface area contributed by atoms with E-state index in [-0.39, 0.29) is 0 Å². The molecule has 0 aliphatic rings. The van der Waals surface area contributed by atoms with Gasteiger partial charge in [0.1, 0.15) is 11.2 Å². The minimum Gasteiger partial charge on any atom is -0.456 e. The molecule has 59 heavy (non-hydrogen) atoms. The molecule has 5 heterocycles. The number of hydrogen-bond acceptors (Lipinski definition) is 3. The summed E-state index contributed by atoms with van der Waals surface area (Å²) in [6.45, 7) is 0. The van der Waals surface area contributed by atoms with E-state index in [0.717, 1.165) is 71.6 Å². The largest absolute Gasteiger partial charge is 0.456 e. The van der Waals surface area contributed by atoms with Crippen LogP contribution in [0.4, 0.5) is 0 Å². The van der Waals surface area contributed by atoms with Crippen molar-refractivity contribution in [3.63, 3.8) is 0 Å². The Morgan fingerprint density at radius 1 is 0.390 bits per heavy atom. The van der Waals surface area contributed by atoms with Gasteiger partial charge in [0, 0.05) is 37.9 Å². The topological polar surface area (TPSA) is 48.3 Å². The van der Waals surface area contributed by atoms with Crippen LogP contribution in [-0.4, -0.2) is 18.9 Å². The second kappa shape index (κ2) is 11.3. The molecule has 272 valence electrons. The first-order chi connectivity index (χ1) is 29.3. The van der Waals surface area contributed by atoms with Crippen LogP contribution < -0.4 is 0 Å². The maximum atomic E-state index is 6.64. The molecule has 9 aromatic carbocycles. The van der Waals surface area contributed by atoms with Gasteiger partial charge in [-0.25, -0.2) is 9.97 Å². The van der Waals surface area contributed by atoms with Gasteiger partial charge in [-0.15, -0.1) is 0 Å². The zero-order valence-electron chi connectivity index (χ0n) is 31.5. The summed E-state index contributed by atoms with van der Waals surface area (Å²) >= 11 is 0. The standard InChI is InChI=1S/C54H30N4O/c1-2-12-31(13-3-1)35-20-9-14-32-15-10-21-36(47(32)35)33-16-8-17-34(30-33)52-39-19-4-6-22-40(39)55-54(56-52)58-43-25-11-24-42-48(43)49-44(58)27-29-45-50(49)51-46(59-45)28-26-38-37-18-5-7-23-41(37)57(42)53(38)51/h1-30H. The molecule has 0 amide bonds. The minimum atomic E-state index is 0.633. The van der Waals surface area contributed by atoms with E-state index >= 15 is 0 Å². The van der Waals surface area contributed by atoms with E-state index in [1.165, 1.54) is 54.7 Å². The third-order valence-electron chi connectivity index (χ3n) is 12.6. The predicted molar refractivity (Wildman–Crippen MR) is 243 cm³/mol. The second-order valence-electron chi connectivity index (χ2n) is 15.7. The van der Waals surface area contributed by atoms with Crippen molar-refractivity contribution in [2.24, 2.45) is 0 Å². The molecule has 0 unspecified atom stereocenters. The first-order valence-electron chi connectivity index (χ1n) is 20.1. The van der Waals surface area contributed by atoms with E-state index in [1.54, 1.807) is 0 Å². The number of benzene rings is 9. The summed E-state index contributed by atoms with van der Waals surface area (Å²) in [4.78, 5) is 10.9. The summed E-state index contributed by atoms with van der Waals surface area (Å²) in [5.41, 5.74) is 15.0. The van der Waals surface area contributed by atoms with Crippen LogP contribution in [0.15, 0.2) is 186 Å². The lowest BCUT2D eigenvalue weighted by atomic mass is 9.90. The van der Waals surface area contributed by atoms with E-state index in [2.05, 4.69) is 191 Å².